The van der Waals surface area contributed by atoms with Gasteiger partial charge in [-0.15, -0.1) is 0 Å². The summed E-state index contributed by atoms with van der Waals surface area (Å²) < 4.78 is 13.3. The lowest BCUT2D eigenvalue weighted by molar-refractivity contribution is -0.132. The number of carbonyl (C=O) groups excluding carboxylic acids is 1. The Labute approximate surface area is 142 Å². The van der Waals surface area contributed by atoms with Crippen molar-refractivity contribution in [1.29, 1.82) is 0 Å². The molecule has 4 bridgehead atoms. The van der Waals surface area contributed by atoms with E-state index in [0.717, 1.165) is 28.9 Å². The molecule has 0 radical (unpaired) electrons. The van der Waals surface area contributed by atoms with Crippen molar-refractivity contribution < 1.29 is 9.18 Å². The Kier molecular flexibility index (Phi) is 3.28. The molecule has 1 aliphatic heterocycles. The summed E-state index contributed by atoms with van der Waals surface area (Å²) in [5.41, 5.74) is 2.26. The van der Waals surface area contributed by atoms with E-state index in [2.05, 4.69) is 5.32 Å². The number of nitrogens with one attached hydrogen (secondary N) is 1. The van der Waals surface area contributed by atoms with Gasteiger partial charge in [-0.2, -0.15) is 0 Å². The van der Waals surface area contributed by atoms with Gasteiger partial charge < -0.3 is 10.2 Å². The lowest BCUT2D eigenvalue weighted by Crippen LogP contribution is -2.59. The number of hydrogen-bond donors (Lipinski definition) is 1. The second kappa shape index (κ2) is 5.29. The van der Waals surface area contributed by atoms with Crippen LogP contribution in [0.4, 0.5) is 4.39 Å². The van der Waals surface area contributed by atoms with Crippen molar-refractivity contribution in [2.45, 2.75) is 57.2 Å². The van der Waals surface area contributed by atoms with Crippen LogP contribution in [0.15, 0.2) is 18.2 Å². The second-order valence-corrected chi connectivity index (χ2v) is 8.71. The molecule has 1 heterocycles. The van der Waals surface area contributed by atoms with E-state index in [-0.39, 0.29) is 17.3 Å². The molecule has 0 spiro atoms. The van der Waals surface area contributed by atoms with Gasteiger partial charge in [0.2, 0.25) is 5.91 Å². The van der Waals surface area contributed by atoms with Crippen LogP contribution in [-0.2, 0) is 17.9 Å². The highest BCUT2D eigenvalue weighted by molar-refractivity contribution is 5.79. The second-order valence-electron chi connectivity index (χ2n) is 8.71. The van der Waals surface area contributed by atoms with Crippen LogP contribution >= 0.6 is 0 Å². The molecular weight excluding hydrogens is 303 g/mol. The van der Waals surface area contributed by atoms with Crippen LogP contribution in [0.3, 0.4) is 0 Å². The highest BCUT2D eigenvalue weighted by atomic mass is 19.1. The van der Waals surface area contributed by atoms with Crippen LogP contribution < -0.4 is 5.32 Å². The molecule has 1 amide bonds. The average Bonchev–Trinajstić information content (AvgIpc) is 2.94. The summed E-state index contributed by atoms with van der Waals surface area (Å²) in [7, 11) is 0. The fourth-order valence-electron chi connectivity index (χ4n) is 6.24. The minimum Gasteiger partial charge on any atom is -0.333 e. The molecule has 1 aromatic carbocycles. The molecule has 1 N–H and O–H groups in total. The summed E-state index contributed by atoms with van der Waals surface area (Å²) in [6, 6.07) is 4.86. The molecule has 0 aromatic heterocycles. The highest BCUT2D eigenvalue weighted by Crippen LogP contribution is 2.55. The van der Waals surface area contributed by atoms with E-state index in [1.54, 1.807) is 6.07 Å². The first-order valence-electron chi connectivity index (χ1n) is 9.39. The third-order valence-corrected chi connectivity index (χ3v) is 6.90. The van der Waals surface area contributed by atoms with Gasteiger partial charge in [-0.25, -0.2) is 4.39 Å². The summed E-state index contributed by atoms with van der Waals surface area (Å²) >= 11 is 0. The number of hydrogen-bond acceptors (Lipinski definition) is 2. The van der Waals surface area contributed by atoms with Crippen molar-refractivity contribution in [3.8, 4) is 0 Å². The monoisotopic (exact) mass is 328 g/mol. The Morgan fingerprint density at radius 3 is 2.38 bits per heavy atom. The molecule has 4 saturated carbocycles. The Balaban J connectivity index is 1.23. The maximum atomic E-state index is 13.3. The van der Waals surface area contributed by atoms with Crippen molar-refractivity contribution in [2.24, 2.45) is 17.8 Å². The van der Waals surface area contributed by atoms with E-state index in [1.807, 2.05) is 11.0 Å². The molecule has 1 aromatic rings. The first-order valence-corrected chi connectivity index (χ1v) is 9.39. The predicted octanol–water partition coefficient (Wildman–Crippen LogP) is 3.23. The standard InChI is InChI=1S/C20H25FN2O/c21-18-2-1-16-11-23(12-17(16)6-18)19(24)10-22-20-7-13-3-14(8-20)5-15(4-13)9-20/h1-2,6,13-15,22H,3-5,7-12H2. The smallest absolute Gasteiger partial charge is 0.237 e. The van der Waals surface area contributed by atoms with Crippen LogP contribution in [0.5, 0.6) is 0 Å². The Hall–Kier alpha value is -1.42. The maximum Gasteiger partial charge on any atom is 0.237 e. The molecule has 4 aliphatic carbocycles. The van der Waals surface area contributed by atoms with Gasteiger partial charge in [-0.3, -0.25) is 4.79 Å². The van der Waals surface area contributed by atoms with Gasteiger partial charge in [0, 0.05) is 18.6 Å². The molecule has 4 heteroatoms. The van der Waals surface area contributed by atoms with E-state index in [4.69, 9.17) is 0 Å². The average molecular weight is 328 g/mol. The zero-order valence-electron chi connectivity index (χ0n) is 14.1. The first kappa shape index (κ1) is 14.9. The number of halogens is 1. The molecule has 0 saturated heterocycles. The van der Waals surface area contributed by atoms with E-state index in [0.29, 0.717) is 19.6 Å². The maximum absolute atomic E-state index is 13.3. The number of fused-ring (bicyclic) bond motifs is 1. The molecule has 4 fully saturated rings. The van der Waals surface area contributed by atoms with Crippen LogP contribution in [0.2, 0.25) is 0 Å². The Morgan fingerprint density at radius 2 is 1.71 bits per heavy atom. The van der Waals surface area contributed by atoms with Gasteiger partial charge in [-0.05, 0) is 79.5 Å². The van der Waals surface area contributed by atoms with Crippen molar-refractivity contribution >= 4 is 5.91 Å². The van der Waals surface area contributed by atoms with Crippen LogP contribution in [0.25, 0.3) is 0 Å². The Bertz CT molecular complexity index is 651. The van der Waals surface area contributed by atoms with Crippen LogP contribution in [-0.4, -0.2) is 22.9 Å². The zero-order chi connectivity index (χ0) is 16.3. The largest absolute Gasteiger partial charge is 0.333 e. The number of carbonyl (C=O) groups is 1. The fourth-order valence-corrected chi connectivity index (χ4v) is 6.24. The van der Waals surface area contributed by atoms with Crippen molar-refractivity contribution in [1.82, 2.24) is 10.2 Å². The summed E-state index contributed by atoms with van der Waals surface area (Å²) in [5.74, 6) is 2.60. The van der Waals surface area contributed by atoms with Crippen molar-refractivity contribution in [2.75, 3.05) is 6.54 Å². The fraction of sp³-hybridized carbons (Fsp3) is 0.650. The molecule has 6 rings (SSSR count). The van der Waals surface area contributed by atoms with E-state index >= 15 is 0 Å². The lowest BCUT2D eigenvalue weighted by atomic mass is 9.53. The summed E-state index contributed by atoms with van der Waals surface area (Å²) in [4.78, 5) is 14.5. The number of rotatable bonds is 3. The minimum atomic E-state index is -0.213. The number of benzene rings is 1. The van der Waals surface area contributed by atoms with Crippen molar-refractivity contribution in [3.05, 3.63) is 35.1 Å². The van der Waals surface area contributed by atoms with Gasteiger partial charge in [0.1, 0.15) is 5.82 Å². The van der Waals surface area contributed by atoms with Crippen LogP contribution in [0, 0.1) is 23.6 Å². The zero-order valence-corrected chi connectivity index (χ0v) is 14.1. The molecule has 24 heavy (non-hydrogen) atoms. The van der Waals surface area contributed by atoms with E-state index in [9.17, 15) is 9.18 Å². The third kappa shape index (κ3) is 2.46. The molecule has 5 aliphatic rings. The van der Waals surface area contributed by atoms with Gasteiger partial charge in [0.15, 0.2) is 0 Å². The summed E-state index contributed by atoms with van der Waals surface area (Å²) in [5, 5.41) is 3.68. The number of amides is 1. The topological polar surface area (TPSA) is 32.3 Å². The minimum absolute atomic E-state index is 0.155. The van der Waals surface area contributed by atoms with Crippen molar-refractivity contribution in [3.63, 3.8) is 0 Å². The van der Waals surface area contributed by atoms with Gasteiger partial charge >= 0.3 is 0 Å². The van der Waals surface area contributed by atoms with E-state index in [1.165, 1.54) is 44.6 Å². The lowest BCUT2D eigenvalue weighted by Gasteiger charge is -2.57. The predicted molar refractivity (Wildman–Crippen MR) is 89.6 cm³/mol. The molecule has 3 nitrogen and oxygen atoms in total. The highest BCUT2D eigenvalue weighted by Gasteiger charge is 2.50. The Morgan fingerprint density at radius 1 is 1.08 bits per heavy atom. The summed E-state index contributed by atoms with van der Waals surface area (Å²) in [6.07, 6.45) is 8.04. The molecule has 128 valence electrons. The van der Waals surface area contributed by atoms with Crippen LogP contribution in [0.1, 0.15) is 49.7 Å². The molecule has 0 unspecified atom stereocenters. The SMILES string of the molecule is O=C(CNC12CC3CC(CC(C3)C1)C2)N1Cc2ccc(F)cc2C1. The third-order valence-electron chi connectivity index (χ3n) is 6.90. The van der Waals surface area contributed by atoms with Gasteiger partial charge in [0.25, 0.3) is 0 Å². The molecule has 0 atom stereocenters. The first-order chi connectivity index (χ1) is 11.6. The quantitative estimate of drug-likeness (QED) is 0.924. The normalized spacial score (nSPS) is 36.2. The summed E-state index contributed by atoms with van der Waals surface area (Å²) in [6.45, 7) is 1.61. The van der Waals surface area contributed by atoms with E-state index < -0.39 is 0 Å². The van der Waals surface area contributed by atoms with Gasteiger partial charge in [-0.1, -0.05) is 6.07 Å². The number of nitrogens with zero attached hydrogens (tertiary/aromatic N) is 1. The van der Waals surface area contributed by atoms with Gasteiger partial charge in [0.05, 0.1) is 6.54 Å². The molecular formula is C20H25FN2O.